The lowest BCUT2D eigenvalue weighted by atomic mass is 9.96. The lowest BCUT2D eigenvalue weighted by molar-refractivity contribution is 0.624. The molecule has 2 aromatic carbocycles. The Morgan fingerprint density at radius 1 is 1.07 bits per heavy atom. The highest BCUT2D eigenvalue weighted by atomic mass is 19.1. The van der Waals surface area contributed by atoms with Crippen LogP contribution >= 0.6 is 0 Å². The number of halogens is 2. The summed E-state index contributed by atoms with van der Waals surface area (Å²) < 4.78 is 29.5. The Hall–Kier alpha value is -4.71. The number of hydrogen-bond donors (Lipinski definition) is 3. The van der Waals surface area contributed by atoms with E-state index >= 15 is 4.39 Å². The van der Waals surface area contributed by atoms with Crippen LogP contribution < -0.4 is 10.6 Å². The second kappa shape index (κ2) is 16.7. The Labute approximate surface area is 256 Å². The number of anilines is 1. The van der Waals surface area contributed by atoms with Gasteiger partial charge in [-0.1, -0.05) is 83.9 Å². The first-order valence-electron chi connectivity index (χ1n) is 14.5. The number of hydrogen-bond acceptors (Lipinski definition) is 3. The highest BCUT2D eigenvalue weighted by Crippen LogP contribution is 2.34. The second-order valence-corrected chi connectivity index (χ2v) is 9.52. The molecule has 0 saturated heterocycles. The van der Waals surface area contributed by atoms with E-state index in [-0.39, 0.29) is 11.6 Å². The van der Waals surface area contributed by atoms with Crippen molar-refractivity contribution in [2.75, 3.05) is 12.4 Å². The van der Waals surface area contributed by atoms with Crippen molar-refractivity contribution >= 4 is 22.4 Å². The van der Waals surface area contributed by atoms with Crippen molar-refractivity contribution in [3.8, 4) is 0 Å². The van der Waals surface area contributed by atoms with Crippen LogP contribution in [-0.2, 0) is 0 Å². The van der Waals surface area contributed by atoms with Crippen LogP contribution in [0.4, 0.5) is 14.5 Å². The third-order valence-corrected chi connectivity index (χ3v) is 6.57. The molecule has 0 fully saturated rings. The molecule has 0 spiro atoms. The number of allylic oxidation sites excluding steroid dienone is 7. The summed E-state index contributed by atoms with van der Waals surface area (Å²) >= 11 is 0. The number of aryl methyl sites for hydroxylation is 1. The summed E-state index contributed by atoms with van der Waals surface area (Å²) in [5.74, 6) is -0.212. The molecule has 0 aliphatic heterocycles. The smallest absolute Gasteiger partial charge is 0.138 e. The van der Waals surface area contributed by atoms with Crippen LogP contribution in [0.3, 0.4) is 0 Å². The van der Waals surface area contributed by atoms with Crippen LogP contribution in [0.15, 0.2) is 104 Å². The number of imidazole rings is 1. The number of nitrogens with one attached hydrogen (secondary N) is 3. The van der Waals surface area contributed by atoms with Gasteiger partial charge in [0.05, 0.1) is 5.69 Å². The molecule has 0 bridgehead atoms. The maximum absolute atomic E-state index is 15.5. The topological polar surface area (TPSA) is 52.7 Å². The molecule has 0 unspecified atom stereocenters. The van der Waals surface area contributed by atoms with Gasteiger partial charge in [-0.25, -0.2) is 13.8 Å². The van der Waals surface area contributed by atoms with Crippen LogP contribution in [0.1, 0.15) is 74.4 Å². The third-order valence-electron chi connectivity index (χ3n) is 6.57. The lowest BCUT2D eigenvalue weighted by Gasteiger charge is -2.16. The molecule has 1 aromatic heterocycles. The molecular weight excluding hydrogens is 538 g/mol. The zero-order valence-electron chi connectivity index (χ0n) is 26.3. The Kier molecular flexibility index (Phi) is 13.4. The third kappa shape index (κ3) is 8.65. The van der Waals surface area contributed by atoms with Crippen molar-refractivity contribution in [2.24, 2.45) is 0 Å². The number of nitrogens with zero attached hydrogens (tertiary/aromatic N) is 1. The summed E-state index contributed by atoms with van der Waals surface area (Å²) in [7, 11) is 1.73. The van der Waals surface area contributed by atoms with Gasteiger partial charge >= 0.3 is 0 Å². The van der Waals surface area contributed by atoms with E-state index < -0.39 is 0 Å². The molecule has 1 heterocycles. The molecule has 43 heavy (non-hydrogen) atoms. The van der Waals surface area contributed by atoms with Gasteiger partial charge in [-0.15, -0.1) is 0 Å². The minimum Gasteiger partial charge on any atom is -0.388 e. The van der Waals surface area contributed by atoms with Crippen LogP contribution in [0.5, 0.6) is 0 Å². The summed E-state index contributed by atoms with van der Waals surface area (Å²) in [6.45, 7) is 25.9. The molecule has 0 aliphatic carbocycles. The van der Waals surface area contributed by atoms with E-state index in [2.05, 4.69) is 48.9 Å². The molecule has 3 N–H and O–H groups in total. The Balaban J connectivity index is 0.00000316. The van der Waals surface area contributed by atoms with E-state index in [1.165, 1.54) is 18.2 Å². The van der Waals surface area contributed by atoms with Crippen molar-refractivity contribution in [1.29, 1.82) is 0 Å². The van der Waals surface area contributed by atoms with Gasteiger partial charge in [0.1, 0.15) is 17.5 Å². The molecule has 3 rings (SSSR count). The van der Waals surface area contributed by atoms with Crippen molar-refractivity contribution < 1.29 is 8.78 Å². The van der Waals surface area contributed by atoms with Gasteiger partial charge in [-0.05, 0) is 67.8 Å². The maximum atomic E-state index is 15.5. The Morgan fingerprint density at radius 3 is 2.37 bits per heavy atom. The number of H-pyrrole nitrogens is 1. The van der Waals surface area contributed by atoms with Gasteiger partial charge in [0, 0.05) is 52.1 Å². The van der Waals surface area contributed by atoms with Crippen LogP contribution in [0.2, 0.25) is 0 Å². The highest BCUT2D eigenvalue weighted by Gasteiger charge is 2.20. The zero-order valence-corrected chi connectivity index (χ0v) is 26.3. The van der Waals surface area contributed by atoms with E-state index in [1.54, 1.807) is 37.4 Å². The van der Waals surface area contributed by atoms with Crippen LogP contribution in [0, 0.1) is 18.6 Å². The molecular formula is C37H44F2N4. The van der Waals surface area contributed by atoms with E-state index in [0.717, 1.165) is 35.5 Å². The van der Waals surface area contributed by atoms with E-state index in [9.17, 15) is 4.39 Å². The Morgan fingerprint density at radius 2 is 1.79 bits per heavy atom. The number of rotatable bonds is 13. The molecule has 0 saturated carbocycles. The fourth-order valence-corrected chi connectivity index (χ4v) is 4.53. The van der Waals surface area contributed by atoms with Crippen LogP contribution in [-0.4, -0.2) is 17.0 Å². The molecule has 0 atom stereocenters. The molecule has 4 nitrogen and oxygen atoms in total. The molecule has 0 radical (unpaired) electrons. The van der Waals surface area contributed by atoms with Crippen molar-refractivity contribution in [2.45, 2.75) is 47.5 Å². The van der Waals surface area contributed by atoms with Gasteiger partial charge < -0.3 is 15.6 Å². The maximum Gasteiger partial charge on any atom is 0.138 e. The fraction of sp³-hybridized carbons (Fsp3) is 0.216. The number of aromatic amines is 1. The number of benzene rings is 2. The summed E-state index contributed by atoms with van der Waals surface area (Å²) in [5, 5.41) is 6.33. The van der Waals surface area contributed by atoms with Crippen molar-refractivity contribution in [1.82, 2.24) is 15.3 Å². The van der Waals surface area contributed by atoms with Crippen molar-refractivity contribution in [3.05, 3.63) is 150 Å². The first kappa shape index (κ1) is 34.5. The first-order chi connectivity index (χ1) is 20.7. The molecule has 3 aromatic rings. The average molecular weight is 583 g/mol. The van der Waals surface area contributed by atoms with Gasteiger partial charge in [0.15, 0.2) is 0 Å². The fourth-order valence-electron chi connectivity index (χ4n) is 4.53. The second-order valence-electron chi connectivity index (χ2n) is 9.52. The lowest BCUT2D eigenvalue weighted by Crippen LogP contribution is -2.10. The van der Waals surface area contributed by atoms with Gasteiger partial charge in [0.2, 0.25) is 0 Å². The summed E-state index contributed by atoms with van der Waals surface area (Å²) in [5.41, 5.74) is 7.29. The van der Waals surface area contributed by atoms with Gasteiger partial charge in [-0.2, -0.15) is 0 Å². The predicted octanol–water partition coefficient (Wildman–Crippen LogP) is 10.1. The molecule has 226 valence electrons. The average Bonchev–Trinajstić information content (AvgIpc) is 3.39. The highest BCUT2D eigenvalue weighted by molar-refractivity contribution is 5.88. The van der Waals surface area contributed by atoms with Gasteiger partial charge in [-0.3, -0.25) is 0 Å². The predicted molar refractivity (Wildman–Crippen MR) is 182 cm³/mol. The van der Waals surface area contributed by atoms with Gasteiger partial charge in [0.25, 0.3) is 0 Å². The summed E-state index contributed by atoms with van der Waals surface area (Å²) in [6, 6.07) is 9.55. The first-order valence-corrected chi connectivity index (χ1v) is 14.5. The summed E-state index contributed by atoms with van der Waals surface area (Å²) in [4.78, 5) is 8.15. The molecule has 0 amide bonds. The minimum atomic E-state index is -0.385. The standard InChI is InChI=1S/C35H38F2N4.C2H6/c1-9-14-22(5)39-28(12-4)19-25(11-3)31-20-30(33(38-8)21-32(31)37)23(6)35-40-24(7)34(41-35)29(15-10-2)26-16-13-17-27(36)18-26;1-2/h10-13,15-21,38-39H,2,4-6,9,14H2,1,3,7-8H3,(H,40,41);1-2H3/b25-11+,28-19+,29-15-;. The van der Waals surface area contributed by atoms with Crippen molar-refractivity contribution in [3.63, 3.8) is 0 Å². The monoisotopic (exact) mass is 582 g/mol. The minimum absolute atomic E-state index is 0.342. The molecule has 0 aliphatic rings. The van der Waals surface area contributed by atoms with Crippen LogP contribution in [0.25, 0.3) is 16.7 Å². The van der Waals surface area contributed by atoms with E-state index in [1.807, 2.05) is 45.9 Å². The largest absolute Gasteiger partial charge is 0.388 e. The summed E-state index contributed by atoms with van der Waals surface area (Å²) in [6.07, 6.45) is 10.6. The molecule has 6 heteroatoms. The quantitative estimate of drug-likeness (QED) is 0.176. The SMILES string of the molecule is C=C/C=C(/c1cccc(F)c1)c1nc(C(=C)c2cc(C(/C=C(\C=C)NC(=C)CCC)=C/C)c(F)cc2NC)[nH]c1C.CC. The normalized spacial score (nSPS) is 11.8. The Bertz CT molecular complexity index is 1570. The number of aromatic nitrogens is 2. The van der Waals surface area contributed by atoms with E-state index in [4.69, 9.17) is 4.98 Å². The van der Waals surface area contributed by atoms with E-state index in [0.29, 0.717) is 45.0 Å². The zero-order chi connectivity index (χ0) is 32.1.